The van der Waals surface area contributed by atoms with Crippen LogP contribution in [0.3, 0.4) is 0 Å². The molecule has 0 unspecified atom stereocenters. The van der Waals surface area contributed by atoms with Gasteiger partial charge in [0.05, 0.1) is 26.5 Å². The molecule has 15 heteroatoms. The Hall–Kier alpha value is -3.91. The smallest absolute Gasteiger partial charge is 0.407 e. The Bertz CT molecular complexity index is 1490. The van der Waals surface area contributed by atoms with Crippen LogP contribution in [0.2, 0.25) is 5.02 Å². The Balaban J connectivity index is 1.78. The molecular formula is C24H20ClF3N6O4S. The van der Waals surface area contributed by atoms with Crippen LogP contribution < -0.4 is 5.32 Å². The highest BCUT2D eigenvalue weighted by Crippen LogP contribution is 2.48. The average Bonchev–Trinajstić information content (AvgIpc) is 3.68. The Morgan fingerprint density at radius 3 is 2.67 bits per heavy atom. The lowest BCUT2D eigenvalue weighted by molar-refractivity contribution is -0.147. The molecule has 2 aliphatic heterocycles. The third-order valence-corrected chi connectivity index (χ3v) is 7.48. The summed E-state index contributed by atoms with van der Waals surface area (Å²) in [5, 5.41) is 8.89. The molecule has 1 N–H and O–H groups in total. The van der Waals surface area contributed by atoms with Crippen molar-refractivity contribution in [3.63, 3.8) is 0 Å². The maximum absolute atomic E-state index is 14.0. The second kappa shape index (κ2) is 10.3. The molecule has 10 nitrogen and oxygen atoms in total. The van der Waals surface area contributed by atoms with Crippen molar-refractivity contribution in [3.05, 3.63) is 74.8 Å². The number of amidine groups is 1. The zero-order chi connectivity index (χ0) is 27.9. The number of fused-ring (bicyclic) bond motifs is 1. The molecular weight excluding hydrogens is 561 g/mol. The van der Waals surface area contributed by atoms with Crippen LogP contribution in [0.25, 0.3) is 5.57 Å². The van der Waals surface area contributed by atoms with Gasteiger partial charge in [0.25, 0.3) is 0 Å². The number of nitrogens with zero attached hydrogens (tertiary/aromatic N) is 5. The summed E-state index contributed by atoms with van der Waals surface area (Å²) in [5.74, 6) is -1.00. The van der Waals surface area contributed by atoms with Gasteiger partial charge in [-0.05, 0) is 18.2 Å². The van der Waals surface area contributed by atoms with E-state index in [2.05, 4.69) is 15.4 Å². The van der Waals surface area contributed by atoms with E-state index < -0.39 is 36.0 Å². The highest BCUT2D eigenvalue weighted by Gasteiger charge is 2.54. The van der Waals surface area contributed by atoms with E-state index in [0.717, 1.165) is 19.4 Å². The van der Waals surface area contributed by atoms with E-state index in [-0.39, 0.29) is 23.7 Å². The number of halogens is 4. The lowest BCUT2D eigenvalue weighted by Gasteiger charge is -2.32. The Morgan fingerprint density at radius 2 is 2.05 bits per heavy atom. The topological polar surface area (TPSA) is 111 Å². The second-order valence-electron chi connectivity index (χ2n) is 8.63. The lowest BCUT2D eigenvalue weighted by atomic mass is 9.90. The minimum Gasteiger partial charge on any atom is -0.467 e. The van der Waals surface area contributed by atoms with Crippen molar-refractivity contribution in [2.24, 2.45) is 4.99 Å². The quantitative estimate of drug-likeness (QED) is 0.430. The van der Waals surface area contributed by atoms with Crippen LogP contribution in [0.1, 0.15) is 35.3 Å². The average molecular weight is 581 g/mol. The van der Waals surface area contributed by atoms with Crippen LogP contribution in [0.15, 0.2) is 52.7 Å². The van der Waals surface area contributed by atoms with Crippen LogP contribution in [-0.4, -0.2) is 63.9 Å². The van der Waals surface area contributed by atoms with Gasteiger partial charge in [0, 0.05) is 46.1 Å². The fraction of sp³-hybridized carbons (Fsp3) is 0.292. The van der Waals surface area contributed by atoms with Gasteiger partial charge in [-0.25, -0.2) is 23.6 Å². The molecule has 0 spiro atoms. The van der Waals surface area contributed by atoms with Gasteiger partial charge in [-0.1, -0.05) is 17.7 Å². The van der Waals surface area contributed by atoms with E-state index in [1.54, 1.807) is 16.5 Å². The first-order chi connectivity index (χ1) is 18.7. The Kier molecular flexibility index (Phi) is 7.07. The number of aromatic nitrogens is 3. The number of rotatable bonds is 6. The lowest BCUT2D eigenvalue weighted by Crippen LogP contribution is -2.57. The van der Waals surface area contributed by atoms with Gasteiger partial charge < -0.3 is 19.7 Å². The first kappa shape index (κ1) is 26.7. The SMILES string of the molecule is COC(=O)N[C@@]1(C(=O)OC)CC2=C(c3ccn(C(F)F)n3)[C@H](c3ccc(F)cc3Cl)N=C(c3nccs3)N2C1. The summed E-state index contributed by atoms with van der Waals surface area (Å²) in [4.78, 5) is 36.4. The molecule has 0 saturated carbocycles. The van der Waals surface area contributed by atoms with Crippen molar-refractivity contribution in [2.75, 3.05) is 20.8 Å². The largest absolute Gasteiger partial charge is 0.467 e. The maximum atomic E-state index is 14.0. The van der Waals surface area contributed by atoms with Crippen LogP contribution in [0.4, 0.5) is 18.0 Å². The summed E-state index contributed by atoms with van der Waals surface area (Å²) in [6.45, 7) is -3.05. The normalized spacial score (nSPS) is 20.6. The van der Waals surface area contributed by atoms with Gasteiger partial charge in [-0.2, -0.15) is 13.9 Å². The molecule has 39 heavy (non-hydrogen) atoms. The molecule has 1 fully saturated rings. The minimum atomic E-state index is -2.91. The molecule has 0 aliphatic carbocycles. The fourth-order valence-corrected chi connectivity index (χ4v) is 5.62. The summed E-state index contributed by atoms with van der Waals surface area (Å²) in [7, 11) is 2.33. The van der Waals surface area contributed by atoms with Gasteiger partial charge in [0.2, 0.25) is 0 Å². The molecule has 0 bridgehead atoms. The number of hydrogen-bond acceptors (Lipinski definition) is 9. The first-order valence-corrected chi connectivity index (χ1v) is 12.6. The number of alkyl halides is 2. The van der Waals surface area contributed by atoms with E-state index in [0.29, 0.717) is 32.4 Å². The molecule has 204 valence electrons. The maximum Gasteiger partial charge on any atom is 0.407 e. The number of methoxy groups -OCH3 is 2. The number of benzene rings is 1. The summed E-state index contributed by atoms with van der Waals surface area (Å²) < 4.78 is 51.3. The van der Waals surface area contributed by atoms with Crippen LogP contribution in [0, 0.1) is 5.82 Å². The summed E-state index contributed by atoms with van der Waals surface area (Å²) >= 11 is 7.73. The number of alkyl carbamates (subject to hydrolysis) is 1. The van der Waals surface area contributed by atoms with Gasteiger partial charge >= 0.3 is 18.6 Å². The number of carbonyl (C=O) groups is 2. The minimum absolute atomic E-state index is 0.0481. The monoisotopic (exact) mass is 580 g/mol. The van der Waals surface area contributed by atoms with E-state index in [9.17, 15) is 22.8 Å². The summed E-state index contributed by atoms with van der Waals surface area (Å²) in [6.07, 6.45) is 1.67. The van der Waals surface area contributed by atoms with Gasteiger partial charge in [0.1, 0.15) is 11.9 Å². The summed E-state index contributed by atoms with van der Waals surface area (Å²) in [5.41, 5.74) is -0.367. The van der Waals surface area contributed by atoms with E-state index in [1.165, 1.54) is 36.6 Å². The number of aliphatic imine (C=N–C) groups is 1. The molecule has 2 aromatic heterocycles. The number of ether oxygens (including phenoxy) is 2. The predicted molar refractivity (Wildman–Crippen MR) is 135 cm³/mol. The van der Waals surface area contributed by atoms with Crippen LogP contribution >= 0.6 is 22.9 Å². The zero-order valence-corrected chi connectivity index (χ0v) is 22.0. The predicted octanol–water partition coefficient (Wildman–Crippen LogP) is 4.41. The second-order valence-corrected chi connectivity index (χ2v) is 9.93. The van der Waals surface area contributed by atoms with Crippen molar-refractivity contribution in [1.29, 1.82) is 0 Å². The van der Waals surface area contributed by atoms with Gasteiger partial charge in [-0.15, -0.1) is 11.3 Å². The van der Waals surface area contributed by atoms with Crippen LogP contribution in [-0.2, 0) is 14.3 Å². The molecule has 2 atom stereocenters. The highest BCUT2D eigenvalue weighted by molar-refractivity contribution is 7.11. The number of esters is 1. The summed E-state index contributed by atoms with van der Waals surface area (Å²) in [6, 6.07) is 4.20. The van der Waals surface area contributed by atoms with E-state index in [1.807, 2.05) is 0 Å². The number of thiazole rings is 1. The van der Waals surface area contributed by atoms with Crippen molar-refractivity contribution in [2.45, 2.75) is 24.6 Å². The van der Waals surface area contributed by atoms with Crippen LogP contribution in [0.5, 0.6) is 0 Å². The molecule has 2 aliphatic rings. The van der Waals surface area contributed by atoms with Crippen molar-refractivity contribution in [1.82, 2.24) is 25.0 Å². The van der Waals surface area contributed by atoms with Crippen molar-refractivity contribution >= 4 is 46.4 Å². The number of nitrogens with one attached hydrogen (secondary N) is 1. The Morgan fingerprint density at radius 1 is 1.26 bits per heavy atom. The number of hydrogen-bond donors (Lipinski definition) is 1. The third kappa shape index (κ3) is 4.74. The molecule has 1 amide bonds. The fourth-order valence-electron chi connectivity index (χ4n) is 4.70. The molecule has 0 radical (unpaired) electrons. The molecule has 4 heterocycles. The highest BCUT2D eigenvalue weighted by atomic mass is 35.5. The Labute approximate surface area is 228 Å². The van der Waals surface area contributed by atoms with E-state index in [4.69, 9.17) is 26.1 Å². The van der Waals surface area contributed by atoms with Crippen molar-refractivity contribution < 1.29 is 32.2 Å². The third-order valence-electron chi connectivity index (χ3n) is 6.38. The molecule has 5 rings (SSSR count). The van der Waals surface area contributed by atoms with Gasteiger partial charge in [0.15, 0.2) is 16.4 Å². The number of amides is 1. The van der Waals surface area contributed by atoms with E-state index >= 15 is 0 Å². The van der Waals surface area contributed by atoms with Crippen molar-refractivity contribution in [3.8, 4) is 0 Å². The standard InChI is InChI=1S/C24H20ClF3N6O4S/c1-37-21(35)24(31-23(36)38-2)10-16-17(15-5-7-34(32-15)22(27)28)18(13-4-3-12(26)9-14(13)25)30-19(33(16)11-24)20-29-6-8-39-20/h3-9,18,22H,10-11H2,1-2H3,(H,31,36)/t18-,24-/m0/s1. The number of carbonyl (C=O) groups excluding carboxylic acids is 2. The molecule has 3 aromatic rings. The molecule has 1 aromatic carbocycles. The zero-order valence-electron chi connectivity index (χ0n) is 20.4. The molecule has 1 saturated heterocycles. The van der Waals surface area contributed by atoms with Gasteiger partial charge in [-0.3, -0.25) is 4.99 Å². The first-order valence-electron chi connectivity index (χ1n) is 11.4.